The van der Waals surface area contributed by atoms with Crippen molar-refractivity contribution in [2.24, 2.45) is 0 Å². The van der Waals surface area contributed by atoms with Crippen LogP contribution in [0.2, 0.25) is 0 Å². The number of aliphatic hydroxyl groups is 1. The number of hydrogen-bond acceptors (Lipinski definition) is 2. The first-order valence-electron chi connectivity index (χ1n) is 2.56. The zero-order valence-electron chi connectivity index (χ0n) is 5.09. The van der Waals surface area contributed by atoms with Crippen molar-refractivity contribution in [1.29, 1.82) is 0 Å². The average molecular weight is 132 g/mol. The van der Waals surface area contributed by atoms with Crippen molar-refractivity contribution in [3.63, 3.8) is 0 Å². The number of rotatable bonds is 3. The zero-order valence-corrected chi connectivity index (χ0v) is 5.99. The number of thiol groups is 1. The molecule has 0 aromatic heterocycles. The van der Waals surface area contributed by atoms with Crippen molar-refractivity contribution in [3.8, 4) is 0 Å². The summed E-state index contributed by atoms with van der Waals surface area (Å²) in [5, 5.41) is 9.18. The molecule has 0 aliphatic carbocycles. The van der Waals surface area contributed by atoms with Gasteiger partial charge in [-0.3, -0.25) is 0 Å². The van der Waals surface area contributed by atoms with E-state index in [1.54, 1.807) is 13.0 Å². The van der Waals surface area contributed by atoms with E-state index in [0.717, 1.165) is 0 Å². The van der Waals surface area contributed by atoms with E-state index in [2.05, 4.69) is 19.2 Å². The average Bonchev–Trinajstić information content (AvgIpc) is 1.67. The maximum Gasteiger partial charge on any atom is 0.0741 e. The minimum absolute atomic E-state index is 0.485. The first kappa shape index (κ1) is 8.05. The van der Waals surface area contributed by atoms with Crippen LogP contribution < -0.4 is 0 Å². The molecule has 0 amide bonds. The van der Waals surface area contributed by atoms with Crippen LogP contribution in [0.1, 0.15) is 13.3 Å². The molecule has 0 spiro atoms. The molecule has 8 heavy (non-hydrogen) atoms. The quantitative estimate of drug-likeness (QED) is 0.437. The van der Waals surface area contributed by atoms with Crippen molar-refractivity contribution in [3.05, 3.63) is 12.7 Å². The van der Waals surface area contributed by atoms with E-state index in [-0.39, 0.29) is 0 Å². The Morgan fingerprint density at radius 2 is 2.38 bits per heavy atom. The molecule has 0 rings (SSSR count). The minimum atomic E-state index is -0.662. The highest BCUT2D eigenvalue weighted by Crippen LogP contribution is 2.10. The van der Waals surface area contributed by atoms with Gasteiger partial charge in [-0.1, -0.05) is 6.08 Å². The van der Waals surface area contributed by atoms with E-state index in [9.17, 15) is 5.11 Å². The van der Waals surface area contributed by atoms with Gasteiger partial charge in [-0.05, 0) is 13.3 Å². The molecule has 1 unspecified atom stereocenters. The minimum Gasteiger partial charge on any atom is -0.389 e. The van der Waals surface area contributed by atoms with Gasteiger partial charge in [0.15, 0.2) is 0 Å². The van der Waals surface area contributed by atoms with Gasteiger partial charge in [0.1, 0.15) is 0 Å². The lowest BCUT2D eigenvalue weighted by atomic mass is 10.1. The molecule has 0 radical (unpaired) electrons. The van der Waals surface area contributed by atoms with E-state index >= 15 is 0 Å². The van der Waals surface area contributed by atoms with Gasteiger partial charge in [-0.15, -0.1) is 6.58 Å². The molecular formula is C6H12OS. The largest absolute Gasteiger partial charge is 0.389 e. The Morgan fingerprint density at radius 1 is 1.88 bits per heavy atom. The zero-order chi connectivity index (χ0) is 6.62. The van der Waals surface area contributed by atoms with Crippen molar-refractivity contribution in [2.45, 2.75) is 18.9 Å². The lowest BCUT2D eigenvalue weighted by Crippen LogP contribution is -2.24. The van der Waals surface area contributed by atoms with Crippen molar-refractivity contribution in [1.82, 2.24) is 0 Å². The van der Waals surface area contributed by atoms with Gasteiger partial charge in [-0.25, -0.2) is 0 Å². The molecule has 0 heterocycles. The Hall–Kier alpha value is 0.0500. The van der Waals surface area contributed by atoms with Crippen LogP contribution in [0.25, 0.3) is 0 Å². The summed E-state index contributed by atoms with van der Waals surface area (Å²) in [5.74, 6) is 0.485. The van der Waals surface area contributed by atoms with E-state index < -0.39 is 5.60 Å². The van der Waals surface area contributed by atoms with E-state index in [1.807, 2.05) is 0 Å². The second-order valence-corrected chi connectivity index (χ2v) is 2.46. The van der Waals surface area contributed by atoms with E-state index in [1.165, 1.54) is 0 Å². The molecule has 0 saturated carbocycles. The molecule has 48 valence electrons. The summed E-state index contributed by atoms with van der Waals surface area (Å²) in [6.07, 6.45) is 2.30. The molecule has 0 bridgehead atoms. The summed E-state index contributed by atoms with van der Waals surface area (Å²) < 4.78 is 0. The van der Waals surface area contributed by atoms with E-state index in [4.69, 9.17) is 0 Å². The van der Waals surface area contributed by atoms with Crippen LogP contribution in [0.5, 0.6) is 0 Å². The van der Waals surface area contributed by atoms with Gasteiger partial charge >= 0.3 is 0 Å². The van der Waals surface area contributed by atoms with Gasteiger partial charge in [0.25, 0.3) is 0 Å². The fourth-order valence-electron chi connectivity index (χ4n) is 0.375. The SMILES string of the molecule is C=CCC(C)(O)CS. The third kappa shape index (κ3) is 3.10. The van der Waals surface area contributed by atoms with Gasteiger partial charge in [-0.2, -0.15) is 12.6 Å². The van der Waals surface area contributed by atoms with E-state index in [0.29, 0.717) is 12.2 Å². The molecule has 1 atom stereocenters. The summed E-state index contributed by atoms with van der Waals surface area (Å²) in [7, 11) is 0. The second kappa shape index (κ2) is 3.15. The predicted molar refractivity (Wildman–Crippen MR) is 39.3 cm³/mol. The molecule has 0 aromatic carbocycles. The molecule has 2 heteroatoms. The van der Waals surface area contributed by atoms with Gasteiger partial charge < -0.3 is 5.11 Å². The number of hydrogen-bond donors (Lipinski definition) is 2. The summed E-state index contributed by atoms with van der Waals surface area (Å²) in [6.45, 7) is 5.24. The molecule has 1 N–H and O–H groups in total. The highest BCUT2D eigenvalue weighted by molar-refractivity contribution is 7.80. The van der Waals surface area contributed by atoms with Crippen LogP contribution in [-0.2, 0) is 0 Å². The van der Waals surface area contributed by atoms with Crippen LogP contribution in [0.15, 0.2) is 12.7 Å². The molecule has 0 aliphatic rings. The maximum absolute atomic E-state index is 9.18. The van der Waals surface area contributed by atoms with Crippen LogP contribution in [0.4, 0.5) is 0 Å². The molecule has 0 aromatic rings. The first-order chi connectivity index (χ1) is 3.62. The third-order valence-electron chi connectivity index (χ3n) is 0.925. The predicted octanol–water partition coefficient (Wildman–Crippen LogP) is 1.24. The standard InChI is InChI=1S/C6H12OS/c1-3-4-6(2,7)5-8/h3,7-8H,1,4-5H2,2H3. The fraction of sp³-hybridized carbons (Fsp3) is 0.667. The monoisotopic (exact) mass is 132 g/mol. The summed E-state index contributed by atoms with van der Waals surface area (Å²) in [6, 6.07) is 0. The summed E-state index contributed by atoms with van der Waals surface area (Å²) >= 11 is 3.94. The Bertz CT molecular complexity index is 78.6. The summed E-state index contributed by atoms with van der Waals surface area (Å²) in [4.78, 5) is 0. The van der Waals surface area contributed by atoms with Crippen molar-refractivity contribution in [2.75, 3.05) is 5.75 Å². The van der Waals surface area contributed by atoms with Crippen LogP contribution in [0.3, 0.4) is 0 Å². The smallest absolute Gasteiger partial charge is 0.0741 e. The van der Waals surface area contributed by atoms with Gasteiger partial charge in [0.2, 0.25) is 0 Å². The van der Waals surface area contributed by atoms with Gasteiger partial charge in [0.05, 0.1) is 5.60 Å². The third-order valence-corrected chi connectivity index (χ3v) is 1.61. The topological polar surface area (TPSA) is 20.2 Å². The van der Waals surface area contributed by atoms with Gasteiger partial charge in [0, 0.05) is 5.75 Å². The first-order valence-corrected chi connectivity index (χ1v) is 3.20. The molecule has 0 fully saturated rings. The van der Waals surface area contributed by atoms with Crippen molar-refractivity contribution < 1.29 is 5.11 Å². The Balaban J connectivity index is 3.53. The fourth-order valence-corrected chi connectivity index (χ4v) is 0.505. The summed E-state index contributed by atoms with van der Waals surface area (Å²) in [5.41, 5.74) is -0.662. The second-order valence-electron chi connectivity index (χ2n) is 2.15. The van der Waals surface area contributed by atoms with Crippen LogP contribution >= 0.6 is 12.6 Å². The Morgan fingerprint density at radius 3 is 2.50 bits per heavy atom. The lowest BCUT2D eigenvalue weighted by Gasteiger charge is -2.17. The normalized spacial score (nSPS) is 17.4. The highest BCUT2D eigenvalue weighted by Gasteiger charge is 2.14. The maximum atomic E-state index is 9.18. The highest BCUT2D eigenvalue weighted by atomic mass is 32.1. The van der Waals surface area contributed by atoms with Crippen molar-refractivity contribution >= 4 is 12.6 Å². The lowest BCUT2D eigenvalue weighted by molar-refractivity contribution is 0.0895. The molecule has 0 aliphatic heterocycles. The van der Waals surface area contributed by atoms with Crippen LogP contribution in [-0.4, -0.2) is 16.5 Å². The molecule has 0 saturated heterocycles. The molecule has 1 nitrogen and oxygen atoms in total. The Kier molecular flexibility index (Phi) is 3.17. The van der Waals surface area contributed by atoms with Crippen LogP contribution in [0, 0.1) is 0 Å². The molecular weight excluding hydrogens is 120 g/mol. The Labute approximate surface area is 55.8 Å².